The number of nitrogens with zero attached hydrogens (tertiary/aromatic N) is 1. The molecule has 3 aromatic rings. The van der Waals surface area contributed by atoms with Gasteiger partial charge in [-0.15, -0.1) is 0 Å². The van der Waals surface area contributed by atoms with Gasteiger partial charge in [-0.1, -0.05) is 12.1 Å². The Kier molecular flexibility index (Phi) is 9.31. The van der Waals surface area contributed by atoms with Crippen molar-refractivity contribution in [1.82, 2.24) is 5.43 Å². The number of nitrogens with one attached hydrogen (secondary N) is 3. The molecule has 9 nitrogen and oxygen atoms in total. The molecule has 0 radical (unpaired) electrons. The van der Waals surface area contributed by atoms with Crippen LogP contribution in [-0.2, 0) is 14.4 Å². The van der Waals surface area contributed by atoms with Crippen molar-refractivity contribution in [2.24, 2.45) is 5.10 Å². The Labute approximate surface area is 213 Å². The highest BCUT2D eigenvalue weighted by atomic mass is 19.1. The Morgan fingerprint density at radius 3 is 2.38 bits per heavy atom. The van der Waals surface area contributed by atoms with E-state index in [1.54, 1.807) is 25.1 Å². The lowest BCUT2D eigenvalue weighted by Gasteiger charge is -2.13. The van der Waals surface area contributed by atoms with E-state index in [1.165, 1.54) is 18.3 Å². The molecule has 192 valence electrons. The van der Waals surface area contributed by atoms with Crippen LogP contribution in [0.25, 0.3) is 0 Å². The Bertz CT molecular complexity index is 1310. The first-order valence-electron chi connectivity index (χ1n) is 11.4. The summed E-state index contributed by atoms with van der Waals surface area (Å²) in [5.41, 5.74) is 5.63. The standard InChI is InChI=1S/C27H27FN4O5/c1-4-36-24-14-19(15-29-32-27(35)26(34)30-21-10-8-20(28)9-11-21)7-12-23(24)37-16-25(33)31-22-13-17(2)5-6-18(22)3/h5-15H,4,16H2,1-3H3,(H,30,34)(H,31,33)(H,32,35)/b29-15-. The zero-order valence-electron chi connectivity index (χ0n) is 20.6. The molecule has 37 heavy (non-hydrogen) atoms. The van der Waals surface area contributed by atoms with E-state index in [-0.39, 0.29) is 18.2 Å². The molecule has 0 spiro atoms. The Hall–Kier alpha value is -4.73. The first-order chi connectivity index (χ1) is 17.7. The summed E-state index contributed by atoms with van der Waals surface area (Å²) in [6.07, 6.45) is 1.32. The first-order valence-corrected chi connectivity index (χ1v) is 11.4. The lowest BCUT2D eigenvalue weighted by molar-refractivity contribution is -0.136. The topological polar surface area (TPSA) is 118 Å². The molecule has 3 aromatic carbocycles. The largest absolute Gasteiger partial charge is 0.490 e. The molecule has 0 aromatic heterocycles. The molecule has 3 rings (SSSR count). The quantitative estimate of drug-likeness (QED) is 0.231. The molecule has 0 bridgehead atoms. The van der Waals surface area contributed by atoms with Crippen LogP contribution in [0, 0.1) is 19.7 Å². The van der Waals surface area contributed by atoms with Crippen LogP contribution < -0.4 is 25.5 Å². The number of hydrogen-bond acceptors (Lipinski definition) is 6. The van der Waals surface area contributed by atoms with Gasteiger partial charge in [0, 0.05) is 11.4 Å². The second-order valence-corrected chi connectivity index (χ2v) is 7.95. The third-order valence-corrected chi connectivity index (χ3v) is 4.98. The molecule has 0 fully saturated rings. The smallest absolute Gasteiger partial charge is 0.329 e. The lowest BCUT2D eigenvalue weighted by atomic mass is 10.1. The number of rotatable bonds is 9. The first kappa shape index (κ1) is 26.9. The summed E-state index contributed by atoms with van der Waals surface area (Å²) < 4.78 is 24.2. The summed E-state index contributed by atoms with van der Waals surface area (Å²) in [5.74, 6) is -2.00. The van der Waals surface area contributed by atoms with Crippen LogP contribution in [0.3, 0.4) is 0 Å². The Morgan fingerprint density at radius 2 is 1.65 bits per heavy atom. The zero-order chi connectivity index (χ0) is 26.8. The SMILES string of the molecule is CCOc1cc(/C=N\NC(=O)C(=O)Nc2ccc(F)cc2)ccc1OCC(=O)Nc1cc(C)ccc1C. The van der Waals surface area contributed by atoms with Crippen molar-refractivity contribution in [2.45, 2.75) is 20.8 Å². The number of halogens is 1. The number of carbonyl (C=O) groups excluding carboxylic acids is 3. The van der Waals surface area contributed by atoms with Crippen molar-refractivity contribution < 1.29 is 28.2 Å². The summed E-state index contributed by atoms with van der Waals surface area (Å²) in [4.78, 5) is 36.3. The number of ether oxygens (including phenoxy) is 2. The molecule has 0 aliphatic carbocycles. The van der Waals surface area contributed by atoms with Gasteiger partial charge in [-0.2, -0.15) is 5.10 Å². The van der Waals surface area contributed by atoms with Crippen molar-refractivity contribution in [3.63, 3.8) is 0 Å². The number of amides is 3. The minimum absolute atomic E-state index is 0.222. The summed E-state index contributed by atoms with van der Waals surface area (Å²) in [6, 6.07) is 15.6. The second-order valence-electron chi connectivity index (χ2n) is 7.95. The highest BCUT2D eigenvalue weighted by Gasteiger charge is 2.13. The van der Waals surface area contributed by atoms with Crippen molar-refractivity contribution in [3.05, 3.63) is 83.2 Å². The van der Waals surface area contributed by atoms with E-state index >= 15 is 0 Å². The van der Waals surface area contributed by atoms with E-state index in [2.05, 4.69) is 21.2 Å². The highest BCUT2D eigenvalue weighted by molar-refractivity contribution is 6.39. The molecule has 0 atom stereocenters. The van der Waals surface area contributed by atoms with Gasteiger partial charge in [-0.05, 0) is 86.0 Å². The van der Waals surface area contributed by atoms with E-state index in [0.717, 1.165) is 28.9 Å². The highest BCUT2D eigenvalue weighted by Crippen LogP contribution is 2.28. The van der Waals surface area contributed by atoms with Gasteiger partial charge in [0.05, 0.1) is 12.8 Å². The number of aryl methyl sites for hydroxylation is 2. The van der Waals surface area contributed by atoms with Crippen LogP contribution in [0.5, 0.6) is 11.5 Å². The van der Waals surface area contributed by atoms with Crippen LogP contribution in [-0.4, -0.2) is 37.1 Å². The fourth-order valence-corrected chi connectivity index (χ4v) is 3.13. The molecular formula is C27H27FN4O5. The van der Waals surface area contributed by atoms with Crippen LogP contribution in [0.4, 0.5) is 15.8 Å². The predicted molar refractivity (Wildman–Crippen MR) is 138 cm³/mol. The average molecular weight is 507 g/mol. The number of hydrogen-bond donors (Lipinski definition) is 3. The molecule has 10 heteroatoms. The van der Waals surface area contributed by atoms with Crippen LogP contribution in [0.2, 0.25) is 0 Å². The maximum Gasteiger partial charge on any atom is 0.329 e. The van der Waals surface area contributed by atoms with Crippen molar-refractivity contribution in [3.8, 4) is 11.5 Å². The Morgan fingerprint density at radius 1 is 0.892 bits per heavy atom. The third kappa shape index (κ3) is 8.17. The zero-order valence-corrected chi connectivity index (χ0v) is 20.6. The predicted octanol–water partition coefficient (Wildman–Crippen LogP) is 3.95. The van der Waals surface area contributed by atoms with Gasteiger partial charge < -0.3 is 20.1 Å². The fourth-order valence-electron chi connectivity index (χ4n) is 3.13. The van der Waals surface area contributed by atoms with E-state index < -0.39 is 17.6 Å². The van der Waals surface area contributed by atoms with E-state index in [4.69, 9.17) is 9.47 Å². The number of hydrazone groups is 1. The molecule has 0 saturated carbocycles. The van der Waals surface area contributed by atoms with E-state index in [1.807, 2.05) is 32.0 Å². The van der Waals surface area contributed by atoms with Crippen molar-refractivity contribution in [1.29, 1.82) is 0 Å². The lowest BCUT2D eigenvalue weighted by Crippen LogP contribution is -2.32. The number of anilines is 2. The van der Waals surface area contributed by atoms with Gasteiger partial charge in [0.25, 0.3) is 5.91 Å². The van der Waals surface area contributed by atoms with E-state index in [0.29, 0.717) is 23.7 Å². The van der Waals surface area contributed by atoms with E-state index in [9.17, 15) is 18.8 Å². The molecule has 0 unspecified atom stereocenters. The van der Waals surface area contributed by atoms with Crippen molar-refractivity contribution in [2.75, 3.05) is 23.8 Å². The molecular weight excluding hydrogens is 479 g/mol. The average Bonchev–Trinajstić information content (AvgIpc) is 2.87. The maximum atomic E-state index is 13.0. The molecule has 3 N–H and O–H groups in total. The van der Waals surface area contributed by atoms with Crippen LogP contribution in [0.1, 0.15) is 23.6 Å². The van der Waals surface area contributed by atoms with Gasteiger partial charge in [0.2, 0.25) is 0 Å². The fraction of sp³-hybridized carbons (Fsp3) is 0.185. The normalized spacial score (nSPS) is 10.6. The summed E-state index contributed by atoms with van der Waals surface area (Å²) in [7, 11) is 0. The summed E-state index contributed by atoms with van der Waals surface area (Å²) >= 11 is 0. The maximum absolute atomic E-state index is 13.0. The van der Waals surface area contributed by atoms with Crippen molar-refractivity contribution >= 4 is 35.3 Å². The Balaban J connectivity index is 1.56. The van der Waals surface area contributed by atoms with Crippen LogP contribution >= 0.6 is 0 Å². The third-order valence-electron chi connectivity index (χ3n) is 4.98. The van der Waals surface area contributed by atoms with Gasteiger partial charge in [0.1, 0.15) is 5.82 Å². The summed E-state index contributed by atoms with van der Waals surface area (Å²) in [6.45, 7) is 5.78. The van der Waals surface area contributed by atoms with Gasteiger partial charge in [-0.25, -0.2) is 9.82 Å². The minimum Gasteiger partial charge on any atom is -0.490 e. The molecule has 0 saturated heterocycles. The van der Waals surface area contributed by atoms with Crippen LogP contribution in [0.15, 0.2) is 65.8 Å². The molecule has 0 aliphatic heterocycles. The monoisotopic (exact) mass is 506 g/mol. The number of carbonyl (C=O) groups is 3. The second kappa shape index (κ2) is 12.8. The molecule has 0 heterocycles. The molecule has 0 aliphatic rings. The number of benzene rings is 3. The molecule has 3 amide bonds. The van der Waals surface area contributed by atoms with Gasteiger partial charge in [0.15, 0.2) is 18.1 Å². The van der Waals surface area contributed by atoms with Gasteiger partial charge in [-0.3, -0.25) is 14.4 Å². The summed E-state index contributed by atoms with van der Waals surface area (Å²) in [5, 5.41) is 8.95. The van der Waals surface area contributed by atoms with Gasteiger partial charge >= 0.3 is 11.8 Å². The minimum atomic E-state index is -1.000.